The Morgan fingerprint density at radius 1 is 0.767 bits per heavy atom. The number of primary amides is 1. The molecule has 6 atom stereocenters. The van der Waals surface area contributed by atoms with Gasteiger partial charge in [0.2, 0.25) is 53.2 Å². The number of nitrogens with one attached hydrogen (secondary N) is 7. The monoisotopic (exact) mass is 848 g/mol. The van der Waals surface area contributed by atoms with Crippen molar-refractivity contribution in [2.45, 2.75) is 103 Å². The van der Waals surface area contributed by atoms with Crippen LogP contribution in [0, 0.1) is 11.8 Å². The van der Waals surface area contributed by atoms with Crippen molar-refractivity contribution in [3.05, 3.63) is 12.2 Å². The van der Waals surface area contributed by atoms with E-state index in [1.54, 1.807) is 13.8 Å². The second-order valence-electron chi connectivity index (χ2n) is 14.9. The number of amides is 11. The quantitative estimate of drug-likeness (QED) is 0.0416. The van der Waals surface area contributed by atoms with Gasteiger partial charge < -0.3 is 53.0 Å². The molecule has 0 aliphatic carbocycles. The summed E-state index contributed by atoms with van der Waals surface area (Å²) >= 11 is 0. The molecule has 0 bridgehead atoms. The van der Waals surface area contributed by atoms with Gasteiger partial charge in [-0.2, -0.15) is 0 Å². The summed E-state index contributed by atoms with van der Waals surface area (Å²) in [7, 11) is 0. The molecule has 332 valence electrons. The first kappa shape index (κ1) is 49.7. The predicted molar refractivity (Wildman–Crippen MR) is 208 cm³/mol. The second-order valence-corrected chi connectivity index (χ2v) is 14.9. The molecule has 2 heterocycles. The van der Waals surface area contributed by atoms with Gasteiger partial charge in [0.05, 0.1) is 19.6 Å². The molecule has 0 aromatic heterocycles. The topological polar surface area (TPSA) is 342 Å². The maximum atomic E-state index is 13.4. The van der Waals surface area contributed by atoms with Crippen LogP contribution in [-0.4, -0.2) is 149 Å². The van der Waals surface area contributed by atoms with Crippen LogP contribution in [0.4, 0.5) is 0 Å². The smallest absolute Gasteiger partial charge is 0.326 e. The van der Waals surface area contributed by atoms with Crippen molar-refractivity contribution in [1.29, 1.82) is 0 Å². The zero-order valence-electron chi connectivity index (χ0n) is 34.3. The molecule has 2 rings (SSSR count). The van der Waals surface area contributed by atoms with Gasteiger partial charge in [0, 0.05) is 25.1 Å². The van der Waals surface area contributed by atoms with E-state index in [-0.39, 0.29) is 38.1 Å². The standard InChI is InChI=1S/C37H56N10O13/c1-6-20(4)32(36(58)42-21(5)33(55)40-15-26(49)43-22(37(59)60)9-10-25(38)48)45-27(50)16-41-34(56)23(14-19(2)3)44-35(57)24-8-7-13-46(24)31(54)17-39-28(51)18-47-29(52)11-12-30(47)53/h11-12,19-24,32H,6-10,13-18H2,1-5H3,(H2,38,48)(H,39,51)(H,40,55)(H,41,56)(H,42,58)(H,43,49)(H,44,57)(H,45,50)(H,59,60)/t20-,21-,22-,23-,24-,32-/m0/s1. The fraction of sp³-hybridized carbons (Fsp3) is 0.622. The minimum absolute atomic E-state index is 0.0991. The van der Waals surface area contributed by atoms with Crippen LogP contribution in [0.25, 0.3) is 0 Å². The molecular formula is C37H56N10O13. The van der Waals surface area contributed by atoms with E-state index in [4.69, 9.17) is 5.73 Å². The molecule has 2 aliphatic rings. The van der Waals surface area contributed by atoms with Gasteiger partial charge >= 0.3 is 5.97 Å². The Hall–Kier alpha value is -6.42. The van der Waals surface area contributed by atoms with Gasteiger partial charge in [0.1, 0.15) is 36.8 Å². The van der Waals surface area contributed by atoms with E-state index in [9.17, 15) is 62.6 Å². The Kier molecular flexibility index (Phi) is 19.8. The van der Waals surface area contributed by atoms with Crippen LogP contribution in [0.1, 0.15) is 73.1 Å². The molecule has 0 unspecified atom stereocenters. The highest BCUT2D eigenvalue weighted by molar-refractivity contribution is 6.14. The highest BCUT2D eigenvalue weighted by Gasteiger charge is 2.37. The Morgan fingerprint density at radius 2 is 1.37 bits per heavy atom. The molecule has 0 aromatic rings. The van der Waals surface area contributed by atoms with Crippen LogP contribution >= 0.6 is 0 Å². The Labute approximate surface area is 346 Å². The number of imide groups is 1. The number of carboxylic acid groups (broad SMARTS) is 1. The maximum Gasteiger partial charge on any atom is 0.326 e. The van der Waals surface area contributed by atoms with Gasteiger partial charge in [-0.05, 0) is 44.4 Å². The van der Waals surface area contributed by atoms with Gasteiger partial charge in [0.15, 0.2) is 0 Å². The second kappa shape index (κ2) is 23.9. The third-order valence-electron chi connectivity index (χ3n) is 9.58. The van der Waals surface area contributed by atoms with Crippen LogP contribution in [-0.2, 0) is 57.5 Å². The summed E-state index contributed by atoms with van der Waals surface area (Å²) in [6.45, 7) is 6.24. The zero-order valence-corrected chi connectivity index (χ0v) is 34.3. The third-order valence-corrected chi connectivity index (χ3v) is 9.58. The number of rotatable bonds is 24. The van der Waals surface area contributed by atoms with Crippen molar-refractivity contribution in [3.8, 4) is 0 Å². The fourth-order valence-electron chi connectivity index (χ4n) is 6.07. The third kappa shape index (κ3) is 16.1. The van der Waals surface area contributed by atoms with E-state index in [0.717, 1.165) is 12.2 Å². The number of nitrogens with zero attached hydrogens (tertiary/aromatic N) is 2. The van der Waals surface area contributed by atoms with Crippen molar-refractivity contribution >= 4 is 70.9 Å². The Bertz CT molecular complexity index is 1700. The normalized spacial score (nSPS) is 17.1. The van der Waals surface area contributed by atoms with Crippen LogP contribution < -0.4 is 43.0 Å². The summed E-state index contributed by atoms with van der Waals surface area (Å²) in [5, 5.41) is 26.1. The molecule has 0 aromatic carbocycles. The molecule has 60 heavy (non-hydrogen) atoms. The van der Waals surface area contributed by atoms with E-state index >= 15 is 0 Å². The Morgan fingerprint density at radius 3 is 1.93 bits per heavy atom. The molecule has 10 N–H and O–H groups in total. The van der Waals surface area contributed by atoms with E-state index in [0.29, 0.717) is 17.7 Å². The molecule has 2 aliphatic heterocycles. The summed E-state index contributed by atoms with van der Waals surface area (Å²) in [6, 6.07) is -5.88. The molecule has 23 nitrogen and oxygen atoms in total. The van der Waals surface area contributed by atoms with Crippen molar-refractivity contribution < 1.29 is 62.6 Å². The molecule has 23 heteroatoms. The van der Waals surface area contributed by atoms with Crippen LogP contribution in [0.3, 0.4) is 0 Å². The lowest BCUT2D eigenvalue weighted by Gasteiger charge is -2.27. The molecule has 0 saturated carbocycles. The number of carbonyl (C=O) groups excluding carboxylic acids is 11. The highest BCUT2D eigenvalue weighted by atomic mass is 16.4. The first-order chi connectivity index (χ1) is 28.1. The summed E-state index contributed by atoms with van der Waals surface area (Å²) in [5.41, 5.74) is 5.03. The van der Waals surface area contributed by atoms with Gasteiger partial charge in [-0.25, -0.2) is 4.79 Å². The SMILES string of the molecule is CC[C@H](C)[C@H](NC(=O)CNC(=O)[C@H](CC(C)C)NC(=O)[C@@H]1CCCN1C(=O)CNC(=O)CN1C(=O)C=CC1=O)C(=O)N[C@@H](C)C(=O)NCC(=O)N[C@@H](CCC(N)=O)C(=O)O. The van der Waals surface area contributed by atoms with Crippen molar-refractivity contribution in [3.63, 3.8) is 0 Å². The van der Waals surface area contributed by atoms with Crippen LogP contribution in [0.5, 0.6) is 0 Å². The van der Waals surface area contributed by atoms with E-state index in [2.05, 4.69) is 37.2 Å². The summed E-state index contributed by atoms with van der Waals surface area (Å²) in [4.78, 5) is 151. The molecule has 0 spiro atoms. The Balaban J connectivity index is 1.94. The average molecular weight is 849 g/mol. The maximum absolute atomic E-state index is 13.4. The number of likely N-dealkylation sites (tertiary alicyclic amines) is 1. The lowest BCUT2D eigenvalue weighted by molar-refractivity contribution is -0.142. The summed E-state index contributed by atoms with van der Waals surface area (Å²) in [6.07, 6.45) is 2.80. The minimum Gasteiger partial charge on any atom is -0.480 e. The van der Waals surface area contributed by atoms with E-state index in [1.807, 2.05) is 13.8 Å². The summed E-state index contributed by atoms with van der Waals surface area (Å²) < 4.78 is 0. The lowest BCUT2D eigenvalue weighted by atomic mass is 9.98. The number of nitrogens with two attached hydrogens (primary N) is 1. The van der Waals surface area contributed by atoms with Crippen LogP contribution in [0.15, 0.2) is 12.2 Å². The molecule has 1 saturated heterocycles. The molecular weight excluding hydrogens is 792 g/mol. The zero-order chi connectivity index (χ0) is 45.3. The van der Waals surface area contributed by atoms with E-state index in [1.165, 1.54) is 11.8 Å². The number of hydrogen-bond acceptors (Lipinski definition) is 12. The van der Waals surface area contributed by atoms with Crippen molar-refractivity contribution in [2.24, 2.45) is 17.6 Å². The fourth-order valence-corrected chi connectivity index (χ4v) is 6.07. The van der Waals surface area contributed by atoms with Gasteiger partial charge in [-0.3, -0.25) is 57.6 Å². The number of aliphatic carboxylic acids is 1. The highest BCUT2D eigenvalue weighted by Crippen LogP contribution is 2.18. The van der Waals surface area contributed by atoms with Gasteiger partial charge in [-0.15, -0.1) is 0 Å². The first-order valence-electron chi connectivity index (χ1n) is 19.5. The van der Waals surface area contributed by atoms with Gasteiger partial charge in [-0.1, -0.05) is 34.1 Å². The molecule has 0 radical (unpaired) electrons. The van der Waals surface area contributed by atoms with Crippen molar-refractivity contribution in [2.75, 3.05) is 32.7 Å². The number of carbonyl (C=O) groups is 12. The predicted octanol–water partition coefficient (Wildman–Crippen LogP) is -4.35. The minimum atomic E-state index is -1.42. The first-order valence-corrected chi connectivity index (χ1v) is 19.5. The lowest BCUT2D eigenvalue weighted by Crippen LogP contribution is -2.57. The van der Waals surface area contributed by atoms with Crippen molar-refractivity contribution in [1.82, 2.24) is 47.0 Å². The summed E-state index contributed by atoms with van der Waals surface area (Å²) in [5.74, 6) is -9.92. The molecule has 11 amide bonds. The average Bonchev–Trinajstić information content (AvgIpc) is 3.80. The van der Waals surface area contributed by atoms with Crippen LogP contribution in [0.2, 0.25) is 0 Å². The van der Waals surface area contributed by atoms with E-state index < -0.39 is 133 Å². The molecule has 1 fully saturated rings. The number of carboxylic acids is 1. The number of hydrogen-bond donors (Lipinski definition) is 9. The largest absolute Gasteiger partial charge is 0.480 e. The van der Waals surface area contributed by atoms with Gasteiger partial charge in [0.25, 0.3) is 11.8 Å².